The van der Waals surface area contributed by atoms with E-state index >= 15 is 0 Å². The van der Waals surface area contributed by atoms with Crippen LogP contribution in [0.15, 0.2) is 48.0 Å². The quantitative estimate of drug-likeness (QED) is 0.749. The van der Waals surface area contributed by atoms with Crippen LogP contribution in [-0.2, 0) is 4.79 Å². The largest absolute Gasteiger partial charge is 0.322 e. The summed E-state index contributed by atoms with van der Waals surface area (Å²) in [5.74, 6) is -0.168. The van der Waals surface area contributed by atoms with Gasteiger partial charge in [0, 0.05) is 35.3 Å². The third-order valence-electron chi connectivity index (χ3n) is 3.38. The molecule has 0 saturated carbocycles. The highest BCUT2D eigenvalue weighted by Gasteiger charge is 2.09. The molecule has 0 fully saturated rings. The number of amides is 2. The zero-order chi connectivity index (χ0) is 17.8. The molecule has 25 heavy (non-hydrogen) atoms. The van der Waals surface area contributed by atoms with E-state index in [1.807, 2.05) is 36.6 Å². The number of nitrogens with one attached hydrogen (secondary N) is 2. The van der Waals surface area contributed by atoms with Gasteiger partial charge in [-0.15, -0.1) is 11.3 Å². The zero-order valence-corrected chi connectivity index (χ0v) is 14.6. The summed E-state index contributed by atoms with van der Waals surface area (Å²) in [5.41, 5.74) is 3.02. The Bertz CT molecular complexity index is 919. The Hall–Kier alpha value is -3.06. The number of carbonyl (C=O) groups is 2. The van der Waals surface area contributed by atoms with E-state index in [0.29, 0.717) is 17.1 Å². The van der Waals surface area contributed by atoms with E-state index in [0.717, 1.165) is 16.3 Å². The molecule has 0 aliphatic rings. The van der Waals surface area contributed by atoms with E-state index in [-0.39, 0.29) is 11.8 Å². The van der Waals surface area contributed by atoms with Crippen LogP contribution >= 0.6 is 11.3 Å². The van der Waals surface area contributed by atoms with Crippen LogP contribution in [0.25, 0.3) is 11.3 Å². The fourth-order valence-corrected chi connectivity index (χ4v) is 2.87. The smallest absolute Gasteiger partial charge is 0.255 e. The fourth-order valence-electron chi connectivity index (χ4n) is 2.24. The number of benzene rings is 1. The highest BCUT2D eigenvalue weighted by atomic mass is 32.1. The number of hydrogen-bond acceptors (Lipinski definition) is 5. The second kappa shape index (κ2) is 7.23. The van der Waals surface area contributed by atoms with Gasteiger partial charge in [0.1, 0.15) is 5.82 Å². The highest BCUT2D eigenvalue weighted by Crippen LogP contribution is 2.23. The molecular weight excluding hydrogens is 336 g/mol. The second-order valence-electron chi connectivity index (χ2n) is 5.39. The summed E-state index contributed by atoms with van der Waals surface area (Å²) in [6, 6.07) is 10.6. The van der Waals surface area contributed by atoms with Crippen LogP contribution in [0.4, 0.5) is 11.5 Å². The normalized spacial score (nSPS) is 10.3. The SMILES string of the molecule is CC(=O)Nc1cc(C(=O)Nc2ccc(-c3csc(C)n3)cc2)ccn1. The van der Waals surface area contributed by atoms with Crippen molar-refractivity contribution in [2.24, 2.45) is 0 Å². The predicted molar refractivity (Wildman–Crippen MR) is 98.8 cm³/mol. The second-order valence-corrected chi connectivity index (χ2v) is 6.46. The number of hydrogen-bond donors (Lipinski definition) is 2. The van der Waals surface area contributed by atoms with Gasteiger partial charge in [0.15, 0.2) is 0 Å². The number of aryl methyl sites for hydroxylation is 1. The molecule has 2 aromatic heterocycles. The van der Waals surface area contributed by atoms with Gasteiger partial charge in [-0.3, -0.25) is 9.59 Å². The highest BCUT2D eigenvalue weighted by molar-refractivity contribution is 7.09. The Balaban J connectivity index is 1.71. The topological polar surface area (TPSA) is 84.0 Å². The molecule has 0 unspecified atom stereocenters. The number of anilines is 2. The molecule has 3 rings (SSSR count). The summed E-state index contributed by atoms with van der Waals surface area (Å²) >= 11 is 1.60. The number of thiazole rings is 1. The van der Waals surface area contributed by atoms with E-state index in [9.17, 15) is 9.59 Å². The molecule has 2 N–H and O–H groups in total. The van der Waals surface area contributed by atoms with Gasteiger partial charge in [-0.25, -0.2) is 9.97 Å². The van der Waals surface area contributed by atoms with Crippen molar-refractivity contribution in [1.29, 1.82) is 0 Å². The first-order chi connectivity index (χ1) is 12.0. The van der Waals surface area contributed by atoms with Crippen molar-refractivity contribution in [3.63, 3.8) is 0 Å². The lowest BCUT2D eigenvalue weighted by Gasteiger charge is -2.07. The summed E-state index contributed by atoms with van der Waals surface area (Å²) in [7, 11) is 0. The Kier molecular flexibility index (Phi) is 4.85. The average molecular weight is 352 g/mol. The molecule has 7 heteroatoms. The van der Waals surface area contributed by atoms with Crippen LogP contribution in [0.5, 0.6) is 0 Å². The third-order valence-corrected chi connectivity index (χ3v) is 4.16. The summed E-state index contributed by atoms with van der Waals surface area (Å²) < 4.78 is 0. The Morgan fingerprint density at radius 1 is 1.08 bits per heavy atom. The minimum Gasteiger partial charge on any atom is -0.322 e. The molecule has 0 spiro atoms. The fraction of sp³-hybridized carbons (Fsp3) is 0.111. The van der Waals surface area contributed by atoms with Crippen LogP contribution in [0.2, 0.25) is 0 Å². The van der Waals surface area contributed by atoms with E-state index < -0.39 is 0 Å². The van der Waals surface area contributed by atoms with Crippen molar-refractivity contribution < 1.29 is 9.59 Å². The first kappa shape index (κ1) is 16.8. The van der Waals surface area contributed by atoms with Gasteiger partial charge in [0.25, 0.3) is 5.91 Å². The van der Waals surface area contributed by atoms with E-state index in [1.54, 1.807) is 17.4 Å². The number of rotatable bonds is 4. The molecule has 0 atom stereocenters. The monoisotopic (exact) mass is 352 g/mol. The molecule has 0 saturated heterocycles. The summed E-state index contributed by atoms with van der Waals surface area (Å²) in [6.45, 7) is 3.35. The van der Waals surface area contributed by atoms with Crippen LogP contribution in [-0.4, -0.2) is 21.8 Å². The van der Waals surface area contributed by atoms with Crippen molar-refractivity contribution in [3.8, 4) is 11.3 Å². The van der Waals surface area contributed by atoms with Crippen molar-refractivity contribution >= 4 is 34.7 Å². The molecule has 1 aromatic carbocycles. The molecule has 2 amide bonds. The van der Waals surface area contributed by atoms with E-state index in [4.69, 9.17) is 0 Å². The molecule has 0 radical (unpaired) electrons. The van der Waals surface area contributed by atoms with Gasteiger partial charge in [-0.1, -0.05) is 12.1 Å². The van der Waals surface area contributed by atoms with Crippen LogP contribution in [0.1, 0.15) is 22.3 Å². The van der Waals surface area contributed by atoms with Gasteiger partial charge in [-0.2, -0.15) is 0 Å². The molecule has 0 bridgehead atoms. The molecule has 6 nitrogen and oxygen atoms in total. The molecule has 2 heterocycles. The standard InChI is InChI=1S/C18H16N4O2S/c1-11(23)20-17-9-14(7-8-19-17)18(24)22-15-5-3-13(4-6-15)16-10-25-12(2)21-16/h3-10H,1-2H3,(H,22,24)(H,19,20,23). The number of nitrogens with zero attached hydrogens (tertiary/aromatic N) is 2. The Morgan fingerprint density at radius 2 is 1.84 bits per heavy atom. The maximum absolute atomic E-state index is 12.3. The summed E-state index contributed by atoms with van der Waals surface area (Å²) in [4.78, 5) is 31.9. The predicted octanol–water partition coefficient (Wildman–Crippen LogP) is 3.72. The van der Waals surface area contributed by atoms with Crippen LogP contribution < -0.4 is 10.6 Å². The first-order valence-corrected chi connectivity index (χ1v) is 8.47. The molecule has 0 aliphatic carbocycles. The van der Waals surface area contributed by atoms with E-state index in [1.165, 1.54) is 19.2 Å². The zero-order valence-electron chi connectivity index (χ0n) is 13.7. The van der Waals surface area contributed by atoms with Crippen molar-refractivity contribution in [3.05, 3.63) is 58.5 Å². The maximum atomic E-state index is 12.3. The summed E-state index contributed by atoms with van der Waals surface area (Å²) in [6.07, 6.45) is 1.48. The van der Waals surface area contributed by atoms with Gasteiger partial charge < -0.3 is 10.6 Å². The van der Waals surface area contributed by atoms with Gasteiger partial charge >= 0.3 is 0 Å². The van der Waals surface area contributed by atoms with Crippen molar-refractivity contribution in [2.45, 2.75) is 13.8 Å². The molecular formula is C18H16N4O2S. The van der Waals surface area contributed by atoms with Crippen LogP contribution in [0.3, 0.4) is 0 Å². The maximum Gasteiger partial charge on any atom is 0.255 e. The van der Waals surface area contributed by atoms with Crippen LogP contribution in [0, 0.1) is 6.92 Å². The lowest BCUT2D eigenvalue weighted by molar-refractivity contribution is -0.114. The Labute approximate surface area is 149 Å². The third kappa shape index (κ3) is 4.27. The van der Waals surface area contributed by atoms with Crippen molar-refractivity contribution in [2.75, 3.05) is 10.6 Å². The lowest BCUT2D eigenvalue weighted by Crippen LogP contribution is -2.13. The molecule has 126 valence electrons. The minimum atomic E-state index is -0.272. The number of aromatic nitrogens is 2. The number of pyridine rings is 1. The lowest BCUT2D eigenvalue weighted by atomic mass is 10.1. The number of carbonyl (C=O) groups excluding carboxylic acids is 2. The van der Waals surface area contributed by atoms with E-state index in [2.05, 4.69) is 20.6 Å². The van der Waals surface area contributed by atoms with Gasteiger partial charge in [0.2, 0.25) is 5.91 Å². The average Bonchev–Trinajstić information content (AvgIpc) is 3.01. The van der Waals surface area contributed by atoms with Gasteiger partial charge in [-0.05, 0) is 31.2 Å². The minimum absolute atomic E-state index is 0.238. The first-order valence-electron chi connectivity index (χ1n) is 7.59. The summed E-state index contributed by atoms with van der Waals surface area (Å²) in [5, 5.41) is 8.40. The van der Waals surface area contributed by atoms with Gasteiger partial charge in [0.05, 0.1) is 10.7 Å². The van der Waals surface area contributed by atoms with Crippen molar-refractivity contribution in [1.82, 2.24) is 9.97 Å². The Morgan fingerprint density at radius 3 is 2.48 bits per heavy atom. The molecule has 3 aromatic rings. The molecule has 0 aliphatic heterocycles.